The van der Waals surface area contributed by atoms with Crippen molar-refractivity contribution < 1.29 is 14.3 Å². The Labute approximate surface area is 87.0 Å². The Bertz CT molecular complexity index is 440. The molecule has 0 fully saturated rings. The zero-order valence-corrected chi connectivity index (χ0v) is 8.01. The van der Waals surface area contributed by atoms with E-state index in [0.717, 1.165) is 5.56 Å². The second-order valence-corrected chi connectivity index (χ2v) is 3.28. The summed E-state index contributed by atoms with van der Waals surface area (Å²) in [5.74, 6) is 0.212. The lowest BCUT2D eigenvalue weighted by molar-refractivity contribution is 0.0992. The van der Waals surface area contributed by atoms with Crippen molar-refractivity contribution in [1.82, 2.24) is 0 Å². The zero-order valence-electron chi connectivity index (χ0n) is 8.01. The van der Waals surface area contributed by atoms with Gasteiger partial charge in [0.05, 0.1) is 11.8 Å². The minimum atomic E-state index is 0.00874. The van der Waals surface area contributed by atoms with Gasteiger partial charge >= 0.3 is 0 Å². The summed E-state index contributed by atoms with van der Waals surface area (Å²) in [5.41, 5.74) is 1.45. The third kappa shape index (κ3) is 2.26. The number of Topliss-reactive ketones (excluding diaryl/α,β-unsaturated/α-hetero) is 1. The molecule has 0 amide bonds. The summed E-state index contributed by atoms with van der Waals surface area (Å²) in [6.07, 6.45) is 3.23. The standard InChI is InChI=1S/C12H10O3/c13-11-3-1-9(2-4-11)7-12(14)10-5-6-15-8-10/h1-6,8,13H,7H2. The molecule has 0 atom stereocenters. The molecule has 0 aliphatic rings. The Balaban J connectivity index is 2.09. The summed E-state index contributed by atoms with van der Waals surface area (Å²) in [6, 6.07) is 8.24. The molecule has 1 heterocycles. The van der Waals surface area contributed by atoms with E-state index in [4.69, 9.17) is 9.52 Å². The van der Waals surface area contributed by atoms with Gasteiger partial charge in [-0.1, -0.05) is 12.1 Å². The van der Waals surface area contributed by atoms with Gasteiger partial charge in [0.2, 0.25) is 0 Å². The van der Waals surface area contributed by atoms with Crippen LogP contribution in [0.5, 0.6) is 5.75 Å². The molecule has 3 nitrogen and oxygen atoms in total. The molecule has 3 heteroatoms. The Morgan fingerprint density at radius 3 is 2.53 bits per heavy atom. The normalized spacial score (nSPS) is 10.1. The highest BCUT2D eigenvalue weighted by Crippen LogP contribution is 2.12. The molecule has 0 unspecified atom stereocenters. The van der Waals surface area contributed by atoms with Crippen molar-refractivity contribution >= 4 is 5.78 Å². The van der Waals surface area contributed by atoms with Gasteiger partial charge in [0.25, 0.3) is 0 Å². The largest absolute Gasteiger partial charge is 0.508 e. The van der Waals surface area contributed by atoms with Crippen LogP contribution >= 0.6 is 0 Å². The van der Waals surface area contributed by atoms with E-state index in [-0.39, 0.29) is 11.5 Å². The van der Waals surface area contributed by atoms with Gasteiger partial charge in [-0.25, -0.2) is 0 Å². The van der Waals surface area contributed by atoms with Gasteiger partial charge in [0, 0.05) is 6.42 Å². The fourth-order valence-electron chi connectivity index (χ4n) is 1.32. The molecule has 0 spiro atoms. The molecule has 0 saturated carbocycles. The van der Waals surface area contributed by atoms with Gasteiger partial charge in [-0.2, -0.15) is 0 Å². The molecule has 1 aromatic heterocycles. The number of hydrogen-bond donors (Lipinski definition) is 1. The van der Waals surface area contributed by atoms with E-state index in [9.17, 15) is 4.79 Å². The molecule has 0 aliphatic heterocycles. The fraction of sp³-hybridized carbons (Fsp3) is 0.0833. The number of hydrogen-bond acceptors (Lipinski definition) is 3. The number of aromatic hydroxyl groups is 1. The fourth-order valence-corrected chi connectivity index (χ4v) is 1.32. The predicted molar refractivity (Wildman–Crippen MR) is 54.8 cm³/mol. The van der Waals surface area contributed by atoms with Crippen molar-refractivity contribution in [2.24, 2.45) is 0 Å². The van der Waals surface area contributed by atoms with Crippen LogP contribution in [-0.4, -0.2) is 10.9 Å². The molecule has 15 heavy (non-hydrogen) atoms. The minimum absolute atomic E-state index is 0.00874. The molecule has 0 bridgehead atoms. The van der Waals surface area contributed by atoms with E-state index in [2.05, 4.69) is 0 Å². The highest BCUT2D eigenvalue weighted by molar-refractivity contribution is 5.97. The zero-order chi connectivity index (χ0) is 10.7. The first-order valence-electron chi connectivity index (χ1n) is 4.59. The molecule has 1 N–H and O–H groups in total. The topological polar surface area (TPSA) is 50.4 Å². The Kier molecular flexibility index (Phi) is 2.54. The van der Waals surface area contributed by atoms with E-state index >= 15 is 0 Å². The first-order chi connectivity index (χ1) is 7.25. The van der Waals surface area contributed by atoms with E-state index in [1.54, 1.807) is 30.3 Å². The van der Waals surface area contributed by atoms with E-state index in [1.165, 1.54) is 12.5 Å². The van der Waals surface area contributed by atoms with Gasteiger partial charge in [-0.05, 0) is 23.8 Å². The van der Waals surface area contributed by atoms with Crippen molar-refractivity contribution in [3.63, 3.8) is 0 Å². The van der Waals surface area contributed by atoms with Crippen molar-refractivity contribution in [1.29, 1.82) is 0 Å². The Morgan fingerprint density at radius 2 is 1.93 bits per heavy atom. The van der Waals surface area contributed by atoms with E-state index < -0.39 is 0 Å². The average molecular weight is 202 g/mol. The lowest BCUT2D eigenvalue weighted by atomic mass is 10.1. The van der Waals surface area contributed by atoms with Crippen molar-refractivity contribution in [3.05, 3.63) is 54.0 Å². The third-order valence-corrected chi connectivity index (χ3v) is 2.14. The number of carbonyl (C=O) groups is 1. The predicted octanol–water partition coefficient (Wildman–Crippen LogP) is 2.41. The summed E-state index contributed by atoms with van der Waals surface area (Å²) in [6.45, 7) is 0. The maximum absolute atomic E-state index is 11.6. The molecule has 1 aromatic carbocycles. The van der Waals surface area contributed by atoms with Crippen LogP contribution in [0, 0.1) is 0 Å². The van der Waals surface area contributed by atoms with Crippen LogP contribution in [0.2, 0.25) is 0 Å². The van der Waals surface area contributed by atoms with E-state index in [1.807, 2.05) is 0 Å². The summed E-state index contributed by atoms with van der Waals surface area (Å²) in [4.78, 5) is 11.6. The van der Waals surface area contributed by atoms with Crippen LogP contribution in [0.1, 0.15) is 15.9 Å². The number of benzene rings is 1. The molecule has 76 valence electrons. The van der Waals surface area contributed by atoms with Crippen LogP contribution in [0.3, 0.4) is 0 Å². The lowest BCUT2D eigenvalue weighted by Crippen LogP contribution is -2.01. The molecule has 0 aliphatic carbocycles. The maximum atomic E-state index is 11.6. The van der Waals surface area contributed by atoms with Crippen LogP contribution in [0.15, 0.2) is 47.3 Å². The van der Waals surface area contributed by atoms with Crippen LogP contribution in [0.4, 0.5) is 0 Å². The number of phenols is 1. The van der Waals surface area contributed by atoms with Gasteiger partial charge in [-0.15, -0.1) is 0 Å². The van der Waals surface area contributed by atoms with Crippen molar-refractivity contribution in [3.8, 4) is 5.75 Å². The number of ketones is 1. The maximum Gasteiger partial charge on any atom is 0.170 e. The highest BCUT2D eigenvalue weighted by atomic mass is 16.3. The van der Waals surface area contributed by atoms with Crippen LogP contribution in [-0.2, 0) is 6.42 Å². The number of rotatable bonds is 3. The molecule has 0 saturated heterocycles. The molecule has 0 radical (unpaired) electrons. The molecule has 2 aromatic rings. The highest BCUT2D eigenvalue weighted by Gasteiger charge is 2.07. The lowest BCUT2D eigenvalue weighted by Gasteiger charge is -1.99. The number of phenolic OH excluding ortho intramolecular Hbond substituents is 1. The molecule has 2 rings (SSSR count). The van der Waals surface area contributed by atoms with Gasteiger partial charge in [0.1, 0.15) is 12.0 Å². The minimum Gasteiger partial charge on any atom is -0.508 e. The van der Waals surface area contributed by atoms with Gasteiger partial charge in [0.15, 0.2) is 5.78 Å². The average Bonchev–Trinajstić information content (AvgIpc) is 2.74. The summed E-state index contributed by atoms with van der Waals surface area (Å²) in [5, 5.41) is 9.07. The number of carbonyl (C=O) groups excluding carboxylic acids is 1. The van der Waals surface area contributed by atoms with Gasteiger partial charge < -0.3 is 9.52 Å². The SMILES string of the molecule is O=C(Cc1ccc(O)cc1)c1ccoc1. The smallest absolute Gasteiger partial charge is 0.170 e. The van der Waals surface area contributed by atoms with Crippen LogP contribution < -0.4 is 0 Å². The Hall–Kier alpha value is -2.03. The van der Waals surface area contributed by atoms with E-state index in [0.29, 0.717) is 12.0 Å². The third-order valence-electron chi connectivity index (χ3n) is 2.14. The first kappa shape index (κ1) is 9.52. The van der Waals surface area contributed by atoms with Crippen molar-refractivity contribution in [2.45, 2.75) is 6.42 Å². The Morgan fingerprint density at radius 1 is 1.20 bits per heavy atom. The second-order valence-electron chi connectivity index (χ2n) is 3.28. The van der Waals surface area contributed by atoms with Crippen LogP contribution in [0.25, 0.3) is 0 Å². The quantitative estimate of drug-likeness (QED) is 0.777. The molecular weight excluding hydrogens is 192 g/mol. The molecular formula is C12H10O3. The number of furan rings is 1. The summed E-state index contributed by atoms with van der Waals surface area (Å²) in [7, 11) is 0. The first-order valence-corrected chi connectivity index (χ1v) is 4.59. The monoisotopic (exact) mass is 202 g/mol. The second kappa shape index (κ2) is 4.00. The summed E-state index contributed by atoms with van der Waals surface area (Å²) >= 11 is 0. The van der Waals surface area contributed by atoms with Gasteiger partial charge in [-0.3, -0.25) is 4.79 Å². The summed E-state index contributed by atoms with van der Waals surface area (Å²) < 4.78 is 4.83. The van der Waals surface area contributed by atoms with Crippen molar-refractivity contribution in [2.75, 3.05) is 0 Å².